The summed E-state index contributed by atoms with van der Waals surface area (Å²) in [5, 5.41) is 6.10. The van der Waals surface area contributed by atoms with Crippen LogP contribution in [0.1, 0.15) is 23.2 Å². The Morgan fingerprint density at radius 3 is 2.46 bits per heavy atom. The van der Waals surface area contributed by atoms with Crippen LogP contribution in [0.3, 0.4) is 0 Å². The molecule has 0 radical (unpaired) electrons. The van der Waals surface area contributed by atoms with E-state index in [0.29, 0.717) is 22.0 Å². The molecule has 0 aromatic heterocycles. The van der Waals surface area contributed by atoms with Crippen LogP contribution in [-0.4, -0.2) is 18.1 Å². The average Bonchev–Trinajstić information content (AvgIpc) is 3.40. The lowest BCUT2D eigenvalue weighted by Gasteiger charge is -2.10. The van der Waals surface area contributed by atoms with E-state index in [1.807, 2.05) is 12.3 Å². The van der Waals surface area contributed by atoms with Crippen molar-refractivity contribution in [1.29, 1.82) is 0 Å². The van der Waals surface area contributed by atoms with E-state index in [9.17, 15) is 9.59 Å². The largest absolute Gasteiger partial charge is 0.326 e. The summed E-state index contributed by atoms with van der Waals surface area (Å²) in [4.78, 5) is 25.3. The average molecular weight is 361 g/mol. The van der Waals surface area contributed by atoms with Gasteiger partial charge in [-0.2, -0.15) is 0 Å². The summed E-state index contributed by atoms with van der Waals surface area (Å²) in [6.07, 6.45) is 3.84. The van der Waals surface area contributed by atoms with E-state index in [1.165, 1.54) is 0 Å². The summed E-state index contributed by atoms with van der Waals surface area (Å²) >= 11 is 7.68. The molecule has 1 saturated carbocycles. The Kier molecular flexibility index (Phi) is 5.11. The van der Waals surface area contributed by atoms with Gasteiger partial charge in [0.15, 0.2) is 0 Å². The first-order valence-corrected chi connectivity index (χ1v) is 9.23. The summed E-state index contributed by atoms with van der Waals surface area (Å²) in [6, 6.07) is 12.5. The van der Waals surface area contributed by atoms with Gasteiger partial charge in [-0.25, -0.2) is 0 Å². The Morgan fingerprint density at radius 2 is 1.79 bits per heavy atom. The van der Waals surface area contributed by atoms with Crippen molar-refractivity contribution in [2.45, 2.75) is 17.7 Å². The molecular formula is C18H17ClN2O2S. The van der Waals surface area contributed by atoms with Gasteiger partial charge in [0.25, 0.3) is 5.91 Å². The molecule has 0 heterocycles. The first kappa shape index (κ1) is 16.9. The summed E-state index contributed by atoms with van der Waals surface area (Å²) in [6.45, 7) is 0. The number of thioether (sulfide) groups is 1. The Labute approximate surface area is 150 Å². The molecule has 2 aromatic rings. The van der Waals surface area contributed by atoms with Crippen LogP contribution in [0.15, 0.2) is 47.4 Å². The van der Waals surface area contributed by atoms with E-state index in [0.717, 1.165) is 17.7 Å². The molecule has 2 N–H and O–H groups in total. The second kappa shape index (κ2) is 7.28. The van der Waals surface area contributed by atoms with Crippen molar-refractivity contribution in [3.8, 4) is 0 Å². The van der Waals surface area contributed by atoms with Gasteiger partial charge in [-0.1, -0.05) is 17.7 Å². The van der Waals surface area contributed by atoms with E-state index in [2.05, 4.69) is 10.6 Å². The molecule has 3 rings (SSSR count). The number of rotatable bonds is 5. The van der Waals surface area contributed by atoms with Gasteiger partial charge < -0.3 is 10.6 Å². The van der Waals surface area contributed by atoms with E-state index < -0.39 is 0 Å². The summed E-state index contributed by atoms with van der Waals surface area (Å²) < 4.78 is 0. The van der Waals surface area contributed by atoms with Gasteiger partial charge in [0.2, 0.25) is 5.91 Å². The fourth-order valence-electron chi connectivity index (χ4n) is 2.27. The van der Waals surface area contributed by atoms with Crippen molar-refractivity contribution in [3.05, 3.63) is 53.1 Å². The lowest BCUT2D eigenvalue weighted by atomic mass is 10.2. The molecule has 4 nitrogen and oxygen atoms in total. The zero-order valence-electron chi connectivity index (χ0n) is 13.1. The molecule has 0 aliphatic heterocycles. The molecule has 124 valence electrons. The number of carbonyl (C=O) groups excluding carboxylic acids is 2. The minimum atomic E-state index is -0.276. The highest BCUT2D eigenvalue weighted by Crippen LogP contribution is 2.30. The van der Waals surface area contributed by atoms with Gasteiger partial charge >= 0.3 is 0 Å². The number of hydrogen-bond donors (Lipinski definition) is 2. The first-order valence-electron chi connectivity index (χ1n) is 7.62. The third kappa shape index (κ3) is 4.10. The lowest BCUT2D eigenvalue weighted by molar-refractivity contribution is -0.117. The maximum atomic E-state index is 12.5. The van der Waals surface area contributed by atoms with E-state index >= 15 is 0 Å². The molecule has 2 aromatic carbocycles. The van der Waals surface area contributed by atoms with Crippen LogP contribution in [0.2, 0.25) is 5.02 Å². The highest BCUT2D eigenvalue weighted by molar-refractivity contribution is 7.98. The Morgan fingerprint density at radius 1 is 1.08 bits per heavy atom. The smallest absolute Gasteiger partial charge is 0.257 e. The van der Waals surface area contributed by atoms with Crippen molar-refractivity contribution in [2.24, 2.45) is 5.92 Å². The number of hydrogen-bond acceptors (Lipinski definition) is 3. The molecule has 0 saturated heterocycles. The standard InChI is InChI=1S/C18H17ClN2O2S/c1-24-14-7-8-16(19)15(10-14)18(23)21-13-4-2-3-12(9-13)20-17(22)11-5-6-11/h2-4,7-11H,5-6H2,1H3,(H,20,22)(H,21,23). The van der Waals surface area contributed by atoms with Crippen LogP contribution < -0.4 is 10.6 Å². The van der Waals surface area contributed by atoms with E-state index in [-0.39, 0.29) is 17.7 Å². The maximum absolute atomic E-state index is 12.5. The quantitative estimate of drug-likeness (QED) is 0.762. The fraction of sp³-hybridized carbons (Fsp3) is 0.222. The van der Waals surface area contributed by atoms with E-state index in [4.69, 9.17) is 11.6 Å². The SMILES string of the molecule is CSc1ccc(Cl)c(C(=O)Nc2cccc(NC(=O)C3CC3)c2)c1. The number of benzene rings is 2. The fourth-order valence-corrected chi connectivity index (χ4v) is 2.91. The van der Waals surface area contributed by atoms with E-state index in [1.54, 1.807) is 48.2 Å². The monoisotopic (exact) mass is 360 g/mol. The molecule has 0 atom stereocenters. The van der Waals surface area contributed by atoms with Gasteiger partial charge in [0, 0.05) is 22.2 Å². The molecule has 2 amide bonds. The number of carbonyl (C=O) groups is 2. The predicted molar refractivity (Wildman–Crippen MR) is 99.0 cm³/mol. The molecule has 6 heteroatoms. The highest BCUT2D eigenvalue weighted by Gasteiger charge is 2.29. The van der Waals surface area contributed by atoms with Gasteiger partial charge in [0.05, 0.1) is 10.6 Å². The van der Waals surface area contributed by atoms with Crippen molar-refractivity contribution in [2.75, 3.05) is 16.9 Å². The third-order valence-electron chi connectivity index (χ3n) is 3.75. The topological polar surface area (TPSA) is 58.2 Å². The molecule has 0 spiro atoms. The summed E-state index contributed by atoms with van der Waals surface area (Å²) in [5.74, 6) is -0.105. The van der Waals surface area contributed by atoms with Crippen molar-refractivity contribution < 1.29 is 9.59 Å². The minimum Gasteiger partial charge on any atom is -0.326 e. The normalized spacial score (nSPS) is 13.4. The number of halogens is 1. The Hall–Kier alpha value is -1.98. The molecule has 24 heavy (non-hydrogen) atoms. The zero-order chi connectivity index (χ0) is 17.1. The van der Waals surface area contributed by atoms with Crippen molar-refractivity contribution in [3.63, 3.8) is 0 Å². The Bertz CT molecular complexity index is 790. The first-order chi connectivity index (χ1) is 11.6. The second-order valence-electron chi connectivity index (χ2n) is 5.64. The van der Waals surface area contributed by atoms with Gasteiger partial charge in [-0.15, -0.1) is 11.8 Å². The van der Waals surface area contributed by atoms with Crippen LogP contribution in [0.5, 0.6) is 0 Å². The molecular weight excluding hydrogens is 344 g/mol. The summed E-state index contributed by atoms with van der Waals surface area (Å²) in [5.41, 5.74) is 1.71. The minimum absolute atomic E-state index is 0.0363. The van der Waals surface area contributed by atoms with Crippen LogP contribution in [0.4, 0.5) is 11.4 Å². The highest BCUT2D eigenvalue weighted by atomic mass is 35.5. The summed E-state index contributed by atoms with van der Waals surface area (Å²) in [7, 11) is 0. The molecule has 0 unspecified atom stereocenters. The number of amides is 2. The van der Waals surface area contributed by atoms with Gasteiger partial charge in [-0.3, -0.25) is 9.59 Å². The molecule has 1 aliphatic rings. The third-order valence-corrected chi connectivity index (χ3v) is 4.81. The van der Waals surface area contributed by atoms with Gasteiger partial charge in [0.1, 0.15) is 0 Å². The molecule has 1 aliphatic carbocycles. The van der Waals surface area contributed by atoms with Crippen LogP contribution >= 0.6 is 23.4 Å². The zero-order valence-corrected chi connectivity index (χ0v) is 14.7. The van der Waals surface area contributed by atoms with Crippen molar-refractivity contribution >= 4 is 46.6 Å². The van der Waals surface area contributed by atoms with Crippen LogP contribution in [0, 0.1) is 5.92 Å². The molecule has 1 fully saturated rings. The molecule has 0 bridgehead atoms. The predicted octanol–water partition coefficient (Wildman–Crippen LogP) is 4.66. The number of nitrogens with one attached hydrogen (secondary N) is 2. The lowest BCUT2D eigenvalue weighted by Crippen LogP contribution is -2.15. The van der Waals surface area contributed by atoms with Crippen LogP contribution in [0.25, 0.3) is 0 Å². The Balaban J connectivity index is 1.73. The second-order valence-corrected chi connectivity index (χ2v) is 6.93. The van der Waals surface area contributed by atoms with Gasteiger partial charge in [-0.05, 0) is 55.5 Å². The number of anilines is 2. The van der Waals surface area contributed by atoms with Crippen molar-refractivity contribution in [1.82, 2.24) is 0 Å². The maximum Gasteiger partial charge on any atom is 0.257 e. The van der Waals surface area contributed by atoms with Crippen LogP contribution in [-0.2, 0) is 4.79 Å².